The van der Waals surface area contributed by atoms with E-state index in [1.807, 2.05) is 0 Å². The number of nitrogens with one attached hydrogen (secondary N) is 1. The molecule has 1 atom stereocenters. The molecular formula is C11H16ClN3O2. The van der Waals surface area contributed by atoms with Gasteiger partial charge in [-0.25, -0.2) is 9.97 Å². The lowest BCUT2D eigenvalue weighted by Gasteiger charge is -2.11. The molecule has 1 aromatic rings. The Morgan fingerprint density at radius 2 is 2.35 bits per heavy atom. The van der Waals surface area contributed by atoms with Gasteiger partial charge in [-0.15, -0.1) is 0 Å². The van der Waals surface area contributed by atoms with Crippen LogP contribution in [0.2, 0.25) is 5.15 Å². The van der Waals surface area contributed by atoms with Crippen molar-refractivity contribution in [3.05, 3.63) is 17.0 Å². The van der Waals surface area contributed by atoms with Gasteiger partial charge in [0.25, 0.3) is 0 Å². The third-order valence-electron chi connectivity index (χ3n) is 2.67. The molecule has 0 aliphatic heterocycles. The average Bonchev–Trinajstić information content (AvgIpc) is 3.09. The number of rotatable bonds is 6. The van der Waals surface area contributed by atoms with E-state index in [-0.39, 0.29) is 6.10 Å². The van der Waals surface area contributed by atoms with E-state index in [1.165, 1.54) is 0 Å². The van der Waals surface area contributed by atoms with Gasteiger partial charge in [0.15, 0.2) is 5.82 Å². The van der Waals surface area contributed by atoms with E-state index in [1.54, 1.807) is 13.2 Å². The van der Waals surface area contributed by atoms with Gasteiger partial charge in [-0.1, -0.05) is 11.6 Å². The van der Waals surface area contributed by atoms with Crippen LogP contribution in [-0.4, -0.2) is 34.8 Å². The van der Waals surface area contributed by atoms with E-state index in [0.717, 1.165) is 12.8 Å². The molecule has 0 radical (unpaired) electrons. The molecular weight excluding hydrogens is 242 g/mol. The number of aliphatic hydroxyl groups is 1. The van der Waals surface area contributed by atoms with Crippen LogP contribution in [0.4, 0.5) is 5.82 Å². The molecule has 2 N–H and O–H groups in total. The number of hydrogen-bond acceptors (Lipinski definition) is 5. The van der Waals surface area contributed by atoms with Crippen molar-refractivity contribution in [2.45, 2.75) is 25.6 Å². The third kappa shape index (κ3) is 3.80. The molecule has 1 aliphatic rings. The van der Waals surface area contributed by atoms with Crippen molar-refractivity contribution in [2.24, 2.45) is 5.92 Å². The van der Waals surface area contributed by atoms with Crippen LogP contribution in [0.3, 0.4) is 0 Å². The molecule has 1 unspecified atom stereocenters. The second kappa shape index (κ2) is 5.62. The Bertz CT molecular complexity index is 385. The van der Waals surface area contributed by atoms with Gasteiger partial charge in [-0.2, -0.15) is 0 Å². The Morgan fingerprint density at radius 3 is 3.00 bits per heavy atom. The van der Waals surface area contributed by atoms with Gasteiger partial charge in [0.1, 0.15) is 17.6 Å². The molecule has 0 amide bonds. The Balaban J connectivity index is 1.94. The molecule has 1 aliphatic carbocycles. The summed E-state index contributed by atoms with van der Waals surface area (Å²) in [5, 5.41) is 13.2. The molecule has 0 bridgehead atoms. The molecule has 1 fully saturated rings. The predicted octanol–water partition coefficient (Wildman–Crippen LogP) is 1.46. The standard InChI is InChI=1S/C11H16ClN3O2/c1-17-6-11-14-9(12)4-10(15-11)13-5-8(16)7-2-3-7/h4,7-8,16H,2-3,5-6H2,1H3,(H,13,14,15). The molecule has 94 valence electrons. The molecule has 1 saturated carbocycles. The SMILES string of the molecule is COCc1nc(Cl)cc(NCC(O)C2CC2)n1. The fourth-order valence-corrected chi connectivity index (χ4v) is 1.81. The Kier molecular flexibility index (Phi) is 4.15. The number of hydrogen-bond donors (Lipinski definition) is 2. The second-order valence-corrected chi connectivity index (χ2v) is 4.60. The summed E-state index contributed by atoms with van der Waals surface area (Å²) in [6.07, 6.45) is 1.92. The highest BCUT2D eigenvalue weighted by molar-refractivity contribution is 6.29. The summed E-state index contributed by atoms with van der Waals surface area (Å²) in [6.45, 7) is 0.810. The van der Waals surface area contributed by atoms with E-state index >= 15 is 0 Å². The number of aliphatic hydroxyl groups excluding tert-OH is 1. The number of anilines is 1. The van der Waals surface area contributed by atoms with Gasteiger partial charge in [0.05, 0.1) is 6.10 Å². The highest BCUT2D eigenvalue weighted by Crippen LogP contribution is 2.32. The van der Waals surface area contributed by atoms with E-state index in [9.17, 15) is 5.11 Å². The van der Waals surface area contributed by atoms with Crippen LogP contribution in [0.25, 0.3) is 0 Å². The normalized spacial score (nSPS) is 16.9. The average molecular weight is 258 g/mol. The maximum Gasteiger partial charge on any atom is 0.158 e. The van der Waals surface area contributed by atoms with Crippen molar-refractivity contribution >= 4 is 17.4 Å². The highest BCUT2D eigenvalue weighted by Gasteiger charge is 2.29. The number of aromatic nitrogens is 2. The topological polar surface area (TPSA) is 67.3 Å². The van der Waals surface area contributed by atoms with Crippen LogP contribution in [0.5, 0.6) is 0 Å². The Hall–Kier alpha value is -0.910. The Morgan fingerprint density at radius 1 is 1.59 bits per heavy atom. The number of methoxy groups -OCH3 is 1. The molecule has 17 heavy (non-hydrogen) atoms. The zero-order chi connectivity index (χ0) is 12.3. The van der Waals surface area contributed by atoms with Crippen molar-refractivity contribution in [1.82, 2.24) is 9.97 Å². The van der Waals surface area contributed by atoms with E-state index in [2.05, 4.69) is 15.3 Å². The fraction of sp³-hybridized carbons (Fsp3) is 0.636. The number of nitrogens with zero attached hydrogens (tertiary/aromatic N) is 2. The minimum absolute atomic E-state index is 0.311. The first-order valence-corrected chi connectivity index (χ1v) is 6.01. The molecule has 0 spiro atoms. The van der Waals surface area contributed by atoms with Crippen LogP contribution >= 0.6 is 11.6 Å². The largest absolute Gasteiger partial charge is 0.391 e. The molecule has 5 nitrogen and oxygen atoms in total. The third-order valence-corrected chi connectivity index (χ3v) is 2.87. The quantitative estimate of drug-likeness (QED) is 0.756. The monoisotopic (exact) mass is 257 g/mol. The number of halogens is 1. The van der Waals surface area contributed by atoms with Gasteiger partial charge in [0, 0.05) is 19.7 Å². The summed E-state index contributed by atoms with van der Waals surface area (Å²) in [6, 6.07) is 1.64. The summed E-state index contributed by atoms with van der Waals surface area (Å²) in [4.78, 5) is 8.26. The van der Waals surface area contributed by atoms with Crippen molar-refractivity contribution in [2.75, 3.05) is 19.0 Å². The molecule has 0 saturated heterocycles. The van der Waals surface area contributed by atoms with Crippen LogP contribution in [0.1, 0.15) is 18.7 Å². The van der Waals surface area contributed by atoms with Crippen molar-refractivity contribution in [1.29, 1.82) is 0 Å². The maximum atomic E-state index is 9.73. The predicted molar refractivity (Wildman–Crippen MR) is 65.0 cm³/mol. The van der Waals surface area contributed by atoms with Gasteiger partial charge in [-0.05, 0) is 18.8 Å². The highest BCUT2D eigenvalue weighted by atomic mass is 35.5. The fourth-order valence-electron chi connectivity index (χ4n) is 1.61. The zero-order valence-corrected chi connectivity index (χ0v) is 10.4. The van der Waals surface area contributed by atoms with E-state index < -0.39 is 0 Å². The smallest absolute Gasteiger partial charge is 0.158 e. The summed E-state index contributed by atoms with van der Waals surface area (Å²) in [5.41, 5.74) is 0. The number of ether oxygens (including phenoxy) is 1. The van der Waals surface area contributed by atoms with Gasteiger partial charge >= 0.3 is 0 Å². The first-order valence-electron chi connectivity index (χ1n) is 5.63. The first-order chi connectivity index (χ1) is 8.19. The minimum atomic E-state index is -0.311. The van der Waals surface area contributed by atoms with Crippen LogP contribution in [-0.2, 0) is 11.3 Å². The second-order valence-electron chi connectivity index (χ2n) is 4.21. The minimum Gasteiger partial charge on any atom is -0.391 e. The van der Waals surface area contributed by atoms with Crippen LogP contribution in [0.15, 0.2) is 6.07 Å². The summed E-state index contributed by atoms with van der Waals surface area (Å²) in [7, 11) is 1.58. The van der Waals surface area contributed by atoms with E-state index in [4.69, 9.17) is 16.3 Å². The van der Waals surface area contributed by atoms with E-state index in [0.29, 0.717) is 35.9 Å². The molecule has 1 aromatic heterocycles. The van der Waals surface area contributed by atoms with Crippen molar-refractivity contribution < 1.29 is 9.84 Å². The maximum absolute atomic E-state index is 9.73. The molecule has 0 aromatic carbocycles. The molecule has 1 heterocycles. The zero-order valence-electron chi connectivity index (χ0n) is 9.69. The molecule has 6 heteroatoms. The van der Waals surface area contributed by atoms with Gasteiger partial charge in [0.2, 0.25) is 0 Å². The summed E-state index contributed by atoms with van der Waals surface area (Å²) in [5.74, 6) is 1.60. The van der Waals surface area contributed by atoms with Crippen LogP contribution in [0, 0.1) is 5.92 Å². The molecule has 2 rings (SSSR count). The lowest BCUT2D eigenvalue weighted by atomic mass is 10.2. The van der Waals surface area contributed by atoms with Crippen molar-refractivity contribution in [3.63, 3.8) is 0 Å². The lowest BCUT2D eigenvalue weighted by Crippen LogP contribution is -2.22. The summed E-state index contributed by atoms with van der Waals surface area (Å²) < 4.78 is 4.95. The lowest BCUT2D eigenvalue weighted by molar-refractivity contribution is 0.164. The first kappa shape index (κ1) is 12.5. The summed E-state index contributed by atoms with van der Waals surface area (Å²) >= 11 is 5.87. The van der Waals surface area contributed by atoms with Crippen LogP contribution < -0.4 is 5.32 Å². The van der Waals surface area contributed by atoms with Gasteiger partial charge in [-0.3, -0.25) is 0 Å². The van der Waals surface area contributed by atoms with Gasteiger partial charge < -0.3 is 15.2 Å². The van der Waals surface area contributed by atoms with Crippen molar-refractivity contribution in [3.8, 4) is 0 Å². The Labute approximate surface area is 105 Å².